The topological polar surface area (TPSA) is 97.6 Å². The molecule has 0 spiro atoms. The number of aromatic nitrogens is 3. The monoisotopic (exact) mass is 391 g/mol. The van der Waals surface area contributed by atoms with Crippen LogP contribution in [-0.2, 0) is 19.6 Å². The van der Waals surface area contributed by atoms with Crippen molar-refractivity contribution in [1.82, 2.24) is 24.0 Å². The molecule has 1 unspecified atom stereocenters. The van der Waals surface area contributed by atoms with Crippen LogP contribution in [0.4, 0.5) is 0 Å². The molecule has 2 aromatic rings. The Labute approximate surface area is 157 Å². The summed E-state index contributed by atoms with van der Waals surface area (Å²) in [5, 5.41) is 4.29. The molecule has 0 saturated carbocycles. The van der Waals surface area contributed by atoms with Gasteiger partial charge in [0, 0.05) is 13.1 Å². The first-order chi connectivity index (χ1) is 13.1. The van der Waals surface area contributed by atoms with E-state index in [1.54, 1.807) is 9.58 Å². The summed E-state index contributed by atoms with van der Waals surface area (Å²) in [4.78, 5) is 18.9. The molecular formula is C17H21N5O4S. The van der Waals surface area contributed by atoms with Crippen LogP contribution in [0.5, 0.6) is 0 Å². The van der Waals surface area contributed by atoms with E-state index in [2.05, 4.69) is 10.1 Å². The van der Waals surface area contributed by atoms with Crippen LogP contribution in [-0.4, -0.2) is 76.9 Å². The highest BCUT2D eigenvalue weighted by atomic mass is 32.2. The molecule has 27 heavy (non-hydrogen) atoms. The molecule has 4 rings (SSSR count). The third-order valence-electron chi connectivity index (χ3n) is 4.84. The lowest BCUT2D eigenvalue weighted by Crippen LogP contribution is -2.48. The summed E-state index contributed by atoms with van der Waals surface area (Å²) in [7, 11) is -3.32. The maximum atomic E-state index is 12.9. The number of sulfonamides is 1. The molecular weight excluding hydrogens is 370 g/mol. The van der Waals surface area contributed by atoms with E-state index in [-0.39, 0.29) is 18.2 Å². The Bertz CT molecular complexity index is 914. The molecule has 0 radical (unpaired) electrons. The number of carbonyl (C=O) groups is 1. The molecule has 0 aliphatic carbocycles. The van der Waals surface area contributed by atoms with Crippen molar-refractivity contribution in [2.75, 3.05) is 38.6 Å². The van der Waals surface area contributed by atoms with Crippen molar-refractivity contribution in [3.05, 3.63) is 42.5 Å². The number of rotatable bonds is 4. The summed E-state index contributed by atoms with van der Waals surface area (Å²) in [6, 6.07) is 9.11. The summed E-state index contributed by atoms with van der Waals surface area (Å²) in [5.74, 6) is 0.463. The molecule has 2 aliphatic heterocycles. The van der Waals surface area contributed by atoms with Gasteiger partial charge in [-0.3, -0.25) is 4.79 Å². The van der Waals surface area contributed by atoms with E-state index in [0.717, 1.165) is 5.69 Å². The van der Waals surface area contributed by atoms with Gasteiger partial charge in [-0.05, 0) is 18.6 Å². The van der Waals surface area contributed by atoms with Gasteiger partial charge in [0.25, 0.3) is 0 Å². The minimum absolute atomic E-state index is 0.106. The van der Waals surface area contributed by atoms with Gasteiger partial charge in [0.1, 0.15) is 12.4 Å². The summed E-state index contributed by atoms with van der Waals surface area (Å²) in [5.41, 5.74) is 0.838. The van der Waals surface area contributed by atoms with E-state index >= 15 is 0 Å². The van der Waals surface area contributed by atoms with E-state index in [0.29, 0.717) is 38.5 Å². The lowest BCUT2D eigenvalue weighted by Gasteiger charge is -2.35. The Morgan fingerprint density at radius 3 is 2.78 bits per heavy atom. The molecule has 3 heterocycles. The minimum atomic E-state index is -3.32. The number of benzene rings is 1. The number of amides is 1. The third kappa shape index (κ3) is 3.60. The largest absolute Gasteiger partial charge is 0.377 e. The van der Waals surface area contributed by atoms with Crippen LogP contribution in [0.15, 0.2) is 36.7 Å². The third-order valence-corrected chi connectivity index (χ3v) is 6.74. The van der Waals surface area contributed by atoms with Crippen molar-refractivity contribution in [2.24, 2.45) is 0 Å². The van der Waals surface area contributed by atoms with Crippen LogP contribution in [0, 0.1) is 0 Å². The minimum Gasteiger partial charge on any atom is -0.377 e. The Balaban J connectivity index is 1.59. The average Bonchev–Trinajstić information content (AvgIpc) is 3.29. The highest BCUT2D eigenvalue weighted by Gasteiger charge is 2.36. The van der Waals surface area contributed by atoms with Gasteiger partial charge < -0.3 is 9.64 Å². The highest BCUT2D eigenvalue weighted by Crippen LogP contribution is 2.25. The smallest absolute Gasteiger partial charge is 0.238 e. The Morgan fingerprint density at radius 2 is 2.04 bits per heavy atom. The van der Waals surface area contributed by atoms with Crippen LogP contribution in [0.3, 0.4) is 0 Å². The SMILES string of the molecule is O=C(CN1CCCS1(=O)=O)N1CCOCC1c1ncnn1-c1ccccc1. The summed E-state index contributed by atoms with van der Waals surface area (Å²) >= 11 is 0. The lowest BCUT2D eigenvalue weighted by molar-refractivity contribution is -0.140. The first-order valence-corrected chi connectivity index (χ1v) is 10.5. The highest BCUT2D eigenvalue weighted by molar-refractivity contribution is 7.89. The standard InChI is InChI=1S/C17H21N5O4S/c23-16(11-20-7-4-10-27(20,24)25)21-8-9-26-12-15(21)17-18-13-19-22(17)14-5-2-1-3-6-14/h1-3,5-6,13,15H,4,7-12H2. The average molecular weight is 391 g/mol. The summed E-state index contributed by atoms with van der Waals surface area (Å²) in [6.07, 6.45) is 2.01. The summed E-state index contributed by atoms with van der Waals surface area (Å²) < 4.78 is 32.6. The van der Waals surface area contributed by atoms with Crippen LogP contribution in [0.2, 0.25) is 0 Å². The fraction of sp³-hybridized carbons (Fsp3) is 0.471. The normalized spacial score (nSPS) is 22.8. The van der Waals surface area contributed by atoms with Crippen molar-refractivity contribution in [3.63, 3.8) is 0 Å². The second-order valence-electron chi connectivity index (χ2n) is 6.55. The Morgan fingerprint density at radius 1 is 1.22 bits per heavy atom. The zero-order chi connectivity index (χ0) is 18.9. The van der Waals surface area contributed by atoms with E-state index < -0.39 is 16.1 Å². The number of morpholine rings is 1. The number of ether oxygens (including phenoxy) is 1. The lowest BCUT2D eigenvalue weighted by atomic mass is 10.2. The maximum absolute atomic E-state index is 12.9. The number of hydrogen-bond donors (Lipinski definition) is 0. The van der Waals surface area contributed by atoms with Crippen molar-refractivity contribution in [2.45, 2.75) is 12.5 Å². The van der Waals surface area contributed by atoms with Gasteiger partial charge in [-0.2, -0.15) is 9.40 Å². The molecule has 10 heteroatoms. The molecule has 0 N–H and O–H groups in total. The first kappa shape index (κ1) is 18.1. The van der Waals surface area contributed by atoms with E-state index in [1.807, 2.05) is 30.3 Å². The maximum Gasteiger partial charge on any atom is 0.238 e. The number of carbonyl (C=O) groups excluding carboxylic acids is 1. The fourth-order valence-electron chi connectivity index (χ4n) is 3.47. The molecule has 9 nitrogen and oxygen atoms in total. The van der Waals surface area contributed by atoms with Gasteiger partial charge in [0.2, 0.25) is 15.9 Å². The van der Waals surface area contributed by atoms with Crippen LogP contribution in [0.1, 0.15) is 18.3 Å². The summed E-state index contributed by atoms with van der Waals surface area (Å²) in [6.45, 7) is 1.35. The number of para-hydroxylation sites is 1. The van der Waals surface area contributed by atoms with Crippen molar-refractivity contribution in [1.29, 1.82) is 0 Å². The van der Waals surface area contributed by atoms with Crippen molar-refractivity contribution < 1.29 is 17.9 Å². The molecule has 1 atom stereocenters. The van der Waals surface area contributed by atoms with Crippen LogP contribution < -0.4 is 0 Å². The van der Waals surface area contributed by atoms with Gasteiger partial charge in [-0.1, -0.05) is 18.2 Å². The molecule has 1 aromatic carbocycles. The quantitative estimate of drug-likeness (QED) is 0.739. The van der Waals surface area contributed by atoms with E-state index in [4.69, 9.17) is 4.74 Å². The number of nitrogens with zero attached hydrogens (tertiary/aromatic N) is 5. The first-order valence-electron chi connectivity index (χ1n) is 8.86. The van der Waals surface area contributed by atoms with Crippen molar-refractivity contribution >= 4 is 15.9 Å². The fourth-order valence-corrected chi connectivity index (χ4v) is 4.94. The second-order valence-corrected chi connectivity index (χ2v) is 8.64. The molecule has 2 fully saturated rings. The van der Waals surface area contributed by atoms with Gasteiger partial charge in [-0.25, -0.2) is 18.1 Å². The van der Waals surface area contributed by atoms with Gasteiger partial charge in [0.15, 0.2) is 5.82 Å². The van der Waals surface area contributed by atoms with Crippen LogP contribution >= 0.6 is 0 Å². The Kier molecular flexibility index (Phi) is 4.94. The van der Waals surface area contributed by atoms with Gasteiger partial charge >= 0.3 is 0 Å². The zero-order valence-electron chi connectivity index (χ0n) is 14.8. The van der Waals surface area contributed by atoms with Crippen molar-refractivity contribution in [3.8, 4) is 5.69 Å². The zero-order valence-corrected chi connectivity index (χ0v) is 15.6. The van der Waals surface area contributed by atoms with Crippen LogP contribution in [0.25, 0.3) is 5.69 Å². The molecule has 1 aromatic heterocycles. The van der Waals surface area contributed by atoms with E-state index in [1.165, 1.54) is 10.6 Å². The molecule has 2 aliphatic rings. The predicted molar refractivity (Wildman–Crippen MR) is 96.6 cm³/mol. The second kappa shape index (κ2) is 7.37. The van der Waals surface area contributed by atoms with E-state index in [9.17, 15) is 13.2 Å². The molecule has 0 bridgehead atoms. The molecule has 2 saturated heterocycles. The van der Waals surface area contributed by atoms with Gasteiger partial charge in [0.05, 0.1) is 31.2 Å². The number of hydrogen-bond acceptors (Lipinski definition) is 6. The van der Waals surface area contributed by atoms with Gasteiger partial charge in [-0.15, -0.1) is 0 Å². The molecule has 1 amide bonds. The Hall–Kier alpha value is -2.30. The molecule has 144 valence electrons. The predicted octanol–water partition coefficient (Wildman–Crippen LogP) is 0.203.